The minimum absolute atomic E-state index is 0.481. The van der Waals surface area contributed by atoms with Crippen LogP contribution in [0, 0.1) is 5.92 Å². The van der Waals surface area contributed by atoms with Crippen molar-refractivity contribution in [2.24, 2.45) is 11.1 Å². The molecule has 2 N–H and O–H groups in total. The Labute approximate surface area is 67.6 Å². The van der Waals surface area contributed by atoms with Crippen molar-refractivity contribution in [1.82, 2.24) is 4.31 Å². The van der Waals surface area contributed by atoms with Crippen LogP contribution in [0.4, 0.5) is 0 Å². The molecule has 1 fully saturated rings. The lowest BCUT2D eigenvalue weighted by molar-refractivity contribution is 0.413. The van der Waals surface area contributed by atoms with Crippen LogP contribution in [0.1, 0.15) is 19.8 Å². The van der Waals surface area contributed by atoms with E-state index < -0.39 is 10.2 Å². The quantitative estimate of drug-likeness (QED) is 0.654. The molecule has 0 heterocycles. The van der Waals surface area contributed by atoms with Gasteiger partial charge < -0.3 is 0 Å². The lowest BCUT2D eigenvalue weighted by Crippen LogP contribution is -2.37. The van der Waals surface area contributed by atoms with Gasteiger partial charge in [-0.05, 0) is 18.8 Å². The molecule has 0 bridgehead atoms. The summed E-state index contributed by atoms with van der Waals surface area (Å²) >= 11 is 0. The normalized spacial score (nSPS) is 19.2. The van der Waals surface area contributed by atoms with E-state index in [4.69, 9.17) is 5.14 Å². The van der Waals surface area contributed by atoms with Crippen LogP contribution in [0.2, 0.25) is 0 Å². The van der Waals surface area contributed by atoms with Crippen molar-refractivity contribution >= 4 is 10.2 Å². The van der Waals surface area contributed by atoms with Crippen LogP contribution in [0.25, 0.3) is 0 Å². The van der Waals surface area contributed by atoms with Crippen LogP contribution in [-0.4, -0.2) is 25.8 Å². The summed E-state index contributed by atoms with van der Waals surface area (Å²) in [6.07, 6.45) is 2.29. The fraction of sp³-hybridized carbons (Fsp3) is 1.00. The van der Waals surface area contributed by atoms with E-state index in [9.17, 15) is 8.42 Å². The summed E-state index contributed by atoms with van der Waals surface area (Å²) in [5.41, 5.74) is 0. The van der Waals surface area contributed by atoms with Gasteiger partial charge in [-0.25, -0.2) is 5.14 Å². The summed E-state index contributed by atoms with van der Waals surface area (Å²) in [5.74, 6) is 0.563. The Kier molecular flexibility index (Phi) is 2.51. The van der Waals surface area contributed by atoms with Gasteiger partial charge in [0.25, 0.3) is 10.2 Å². The first-order valence-electron chi connectivity index (χ1n) is 3.82. The zero-order chi connectivity index (χ0) is 8.48. The van der Waals surface area contributed by atoms with Crippen molar-refractivity contribution in [3.8, 4) is 0 Å². The fourth-order valence-electron chi connectivity index (χ4n) is 1.00. The first kappa shape index (κ1) is 8.96. The minimum Gasteiger partial charge on any atom is -0.216 e. The third-order valence-corrected chi connectivity index (χ3v) is 3.00. The molecule has 0 spiro atoms. The molecule has 1 rings (SSSR count). The molecule has 1 aliphatic rings. The number of hydrogen-bond donors (Lipinski definition) is 1. The van der Waals surface area contributed by atoms with Crippen LogP contribution in [0.15, 0.2) is 0 Å². The van der Waals surface area contributed by atoms with Crippen LogP contribution in [0.5, 0.6) is 0 Å². The van der Waals surface area contributed by atoms with E-state index in [1.54, 1.807) is 6.92 Å². The molecule has 0 aromatic rings. The zero-order valence-electron chi connectivity index (χ0n) is 6.66. The Morgan fingerprint density at radius 1 is 1.55 bits per heavy atom. The van der Waals surface area contributed by atoms with Gasteiger partial charge in [-0.2, -0.15) is 12.7 Å². The van der Waals surface area contributed by atoms with Gasteiger partial charge in [0.15, 0.2) is 0 Å². The average molecular weight is 178 g/mol. The molecule has 0 aromatic carbocycles. The molecule has 11 heavy (non-hydrogen) atoms. The molecule has 0 amide bonds. The van der Waals surface area contributed by atoms with Gasteiger partial charge in [-0.15, -0.1) is 0 Å². The predicted octanol–water partition coefficient (Wildman–Crippen LogP) is -0.0782. The van der Waals surface area contributed by atoms with Crippen LogP contribution in [0.3, 0.4) is 0 Å². The number of nitrogens with two attached hydrogens (primary N) is 1. The van der Waals surface area contributed by atoms with Crippen molar-refractivity contribution < 1.29 is 8.42 Å². The van der Waals surface area contributed by atoms with Crippen molar-refractivity contribution in [1.29, 1.82) is 0 Å². The lowest BCUT2D eigenvalue weighted by Gasteiger charge is -2.16. The Morgan fingerprint density at radius 3 is 2.36 bits per heavy atom. The van der Waals surface area contributed by atoms with E-state index in [-0.39, 0.29) is 0 Å². The van der Waals surface area contributed by atoms with E-state index in [1.807, 2.05) is 0 Å². The Morgan fingerprint density at radius 2 is 2.09 bits per heavy atom. The second-order valence-electron chi connectivity index (χ2n) is 2.94. The van der Waals surface area contributed by atoms with Gasteiger partial charge in [0, 0.05) is 13.1 Å². The minimum atomic E-state index is -3.44. The summed E-state index contributed by atoms with van der Waals surface area (Å²) in [6, 6.07) is 0. The van der Waals surface area contributed by atoms with E-state index in [0.29, 0.717) is 19.0 Å². The Hall–Kier alpha value is -0.130. The molecule has 4 nitrogen and oxygen atoms in total. The smallest absolute Gasteiger partial charge is 0.216 e. The van der Waals surface area contributed by atoms with Crippen LogP contribution < -0.4 is 5.14 Å². The maximum atomic E-state index is 10.8. The molecular formula is C6H14N2O2S. The summed E-state index contributed by atoms with van der Waals surface area (Å²) in [4.78, 5) is 0. The molecule has 0 aliphatic heterocycles. The third-order valence-electron chi connectivity index (χ3n) is 1.87. The Bertz CT molecular complexity index is 221. The summed E-state index contributed by atoms with van der Waals surface area (Å²) in [5, 5.41) is 4.96. The molecule has 0 unspecified atom stereocenters. The van der Waals surface area contributed by atoms with E-state index >= 15 is 0 Å². The average Bonchev–Trinajstić information content (AvgIpc) is 2.62. The number of hydrogen-bond acceptors (Lipinski definition) is 2. The van der Waals surface area contributed by atoms with Crippen molar-refractivity contribution in [3.05, 3.63) is 0 Å². The fourth-order valence-corrected chi connectivity index (χ4v) is 1.78. The van der Waals surface area contributed by atoms with Crippen molar-refractivity contribution in [2.45, 2.75) is 19.8 Å². The predicted molar refractivity (Wildman–Crippen MR) is 43.1 cm³/mol. The first-order chi connectivity index (χ1) is 5.04. The number of nitrogens with zero attached hydrogens (tertiary/aromatic N) is 1. The van der Waals surface area contributed by atoms with Crippen LogP contribution in [-0.2, 0) is 10.2 Å². The standard InChI is InChI=1S/C6H14N2O2S/c1-2-8(11(7,9)10)5-6-3-4-6/h6H,2-5H2,1H3,(H2,7,9,10). The Balaban J connectivity index is 2.48. The lowest BCUT2D eigenvalue weighted by atomic mass is 10.4. The second-order valence-corrected chi connectivity index (χ2v) is 4.49. The molecule has 5 heteroatoms. The van der Waals surface area contributed by atoms with Gasteiger partial charge in [0.1, 0.15) is 0 Å². The zero-order valence-corrected chi connectivity index (χ0v) is 7.47. The second kappa shape index (κ2) is 3.08. The summed E-state index contributed by atoms with van der Waals surface area (Å²) in [6.45, 7) is 2.89. The van der Waals surface area contributed by atoms with E-state index in [2.05, 4.69) is 0 Å². The van der Waals surface area contributed by atoms with E-state index in [0.717, 1.165) is 12.8 Å². The SMILES string of the molecule is CCN(CC1CC1)S(N)(=O)=O. The highest BCUT2D eigenvalue weighted by Crippen LogP contribution is 2.29. The molecule has 1 aliphatic carbocycles. The molecule has 0 saturated heterocycles. The highest BCUT2D eigenvalue weighted by Gasteiger charge is 2.27. The maximum absolute atomic E-state index is 10.8. The summed E-state index contributed by atoms with van der Waals surface area (Å²) in [7, 11) is -3.44. The highest BCUT2D eigenvalue weighted by atomic mass is 32.2. The largest absolute Gasteiger partial charge is 0.276 e. The molecule has 0 atom stereocenters. The van der Waals surface area contributed by atoms with Gasteiger partial charge in [-0.3, -0.25) is 0 Å². The van der Waals surface area contributed by atoms with Gasteiger partial charge in [0.2, 0.25) is 0 Å². The molecule has 0 radical (unpaired) electrons. The monoisotopic (exact) mass is 178 g/mol. The van der Waals surface area contributed by atoms with Crippen molar-refractivity contribution in [3.63, 3.8) is 0 Å². The van der Waals surface area contributed by atoms with Gasteiger partial charge >= 0.3 is 0 Å². The van der Waals surface area contributed by atoms with E-state index in [1.165, 1.54) is 4.31 Å². The van der Waals surface area contributed by atoms with Gasteiger partial charge in [0.05, 0.1) is 0 Å². The maximum Gasteiger partial charge on any atom is 0.276 e. The molecule has 66 valence electrons. The topological polar surface area (TPSA) is 63.4 Å². The summed E-state index contributed by atoms with van der Waals surface area (Å²) < 4.78 is 23.0. The molecule has 1 saturated carbocycles. The van der Waals surface area contributed by atoms with Crippen LogP contribution >= 0.6 is 0 Å². The highest BCUT2D eigenvalue weighted by molar-refractivity contribution is 7.86. The van der Waals surface area contributed by atoms with Gasteiger partial charge in [-0.1, -0.05) is 6.92 Å². The third kappa shape index (κ3) is 2.76. The van der Waals surface area contributed by atoms with Crippen molar-refractivity contribution in [2.75, 3.05) is 13.1 Å². The number of rotatable bonds is 4. The first-order valence-corrected chi connectivity index (χ1v) is 5.32. The molecule has 0 aromatic heterocycles. The molecular weight excluding hydrogens is 164 g/mol.